The zero-order valence-corrected chi connectivity index (χ0v) is 8.05. The van der Waals surface area contributed by atoms with Crippen LogP contribution in [0.25, 0.3) is 0 Å². The second-order valence-electron chi connectivity index (χ2n) is 3.46. The fraction of sp³-hybridized carbons (Fsp3) is 0.364. The van der Waals surface area contributed by atoms with Gasteiger partial charge in [0, 0.05) is 5.56 Å². The fourth-order valence-corrected chi connectivity index (χ4v) is 1.61. The third kappa shape index (κ3) is 1.92. The number of rotatable bonds is 3. The van der Waals surface area contributed by atoms with Gasteiger partial charge in [-0.05, 0) is 30.4 Å². The monoisotopic (exact) mass is 194 g/mol. The van der Waals surface area contributed by atoms with E-state index in [1.54, 1.807) is 0 Å². The zero-order chi connectivity index (χ0) is 9.26. The molecule has 1 aliphatic carbocycles. The number of Topliss-reactive ketones (excluding diaryl/α,β-unsaturated/α-hetero) is 1. The molecule has 1 fully saturated rings. The molecular formula is C11H11ClO. The number of hydrogen-bond donors (Lipinski definition) is 0. The number of carbonyl (C=O) groups is 1. The number of hydrogen-bond acceptors (Lipinski definition) is 1. The Kier molecular flexibility index (Phi) is 2.36. The van der Waals surface area contributed by atoms with Gasteiger partial charge in [0.2, 0.25) is 0 Å². The summed E-state index contributed by atoms with van der Waals surface area (Å²) in [5.41, 5.74) is 2.04. The summed E-state index contributed by atoms with van der Waals surface area (Å²) >= 11 is 5.48. The van der Waals surface area contributed by atoms with Crippen molar-refractivity contribution in [2.75, 3.05) is 5.88 Å². The Labute approximate surface area is 82.7 Å². The molecule has 0 saturated heterocycles. The van der Waals surface area contributed by atoms with E-state index in [1.165, 1.54) is 18.4 Å². The highest BCUT2D eigenvalue weighted by Gasteiger charge is 2.23. The zero-order valence-electron chi connectivity index (χ0n) is 7.29. The van der Waals surface area contributed by atoms with Crippen molar-refractivity contribution in [3.05, 3.63) is 35.4 Å². The molecule has 0 aromatic heterocycles. The van der Waals surface area contributed by atoms with Crippen LogP contribution in [0.1, 0.15) is 34.7 Å². The van der Waals surface area contributed by atoms with Crippen molar-refractivity contribution in [3.8, 4) is 0 Å². The SMILES string of the molecule is O=C(CCl)c1cccc(C2CC2)c1. The summed E-state index contributed by atoms with van der Waals surface area (Å²) in [5.74, 6) is 0.793. The van der Waals surface area contributed by atoms with E-state index < -0.39 is 0 Å². The first kappa shape index (κ1) is 8.76. The van der Waals surface area contributed by atoms with Crippen LogP contribution in [-0.4, -0.2) is 11.7 Å². The summed E-state index contributed by atoms with van der Waals surface area (Å²) in [6.07, 6.45) is 2.52. The van der Waals surface area contributed by atoms with Crippen LogP contribution >= 0.6 is 11.6 Å². The van der Waals surface area contributed by atoms with E-state index in [9.17, 15) is 4.79 Å². The van der Waals surface area contributed by atoms with E-state index in [-0.39, 0.29) is 11.7 Å². The number of benzene rings is 1. The molecule has 0 bridgehead atoms. The van der Waals surface area contributed by atoms with Gasteiger partial charge >= 0.3 is 0 Å². The standard InChI is InChI=1S/C11H11ClO/c12-7-11(13)10-3-1-2-9(6-10)8-4-5-8/h1-3,6,8H,4-5,7H2. The summed E-state index contributed by atoms with van der Waals surface area (Å²) in [7, 11) is 0. The predicted octanol–water partition coefficient (Wildman–Crippen LogP) is 2.99. The Balaban J connectivity index is 2.26. The first-order valence-electron chi connectivity index (χ1n) is 4.50. The Bertz CT molecular complexity index is 329. The van der Waals surface area contributed by atoms with E-state index >= 15 is 0 Å². The van der Waals surface area contributed by atoms with Gasteiger partial charge in [-0.1, -0.05) is 18.2 Å². The summed E-state index contributed by atoms with van der Waals surface area (Å²) in [6.45, 7) is 0. The molecule has 1 nitrogen and oxygen atoms in total. The third-order valence-electron chi connectivity index (χ3n) is 2.38. The highest BCUT2D eigenvalue weighted by Crippen LogP contribution is 2.40. The number of carbonyl (C=O) groups excluding carboxylic acids is 1. The van der Waals surface area contributed by atoms with Crippen molar-refractivity contribution in [1.82, 2.24) is 0 Å². The van der Waals surface area contributed by atoms with Gasteiger partial charge in [0.1, 0.15) is 0 Å². The summed E-state index contributed by atoms with van der Waals surface area (Å²) in [5, 5.41) is 0. The first-order valence-corrected chi connectivity index (χ1v) is 5.04. The van der Waals surface area contributed by atoms with Crippen LogP contribution in [0, 0.1) is 0 Å². The summed E-state index contributed by atoms with van der Waals surface area (Å²) in [4.78, 5) is 11.3. The lowest BCUT2D eigenvalue weighted by Gasteiger charge is -2.00. The number of ketones is 1. The Morgan fingerprint density at radius 2 is 2.23 bits per heavy atom. The van der Waals surface area contributed by atoms with E-state index in [1.807, 2.05) is 18.2 Å². The maximum absolute atomic E-state index is 11.3. The van der Waals surface area contributed by atoms with Gasteiger partial charge in [0.05, 0.1) is 5.88 Å². The van der Waals surface area contributed by atoms with E-state index in [0.717, 1.165) is 5.56 Å². The highest BCUT2D eigenvalue weighted by atomic mass is 35.5. The molecule has 0 atom stereocenters. The van der Waals surface area contributed by atoms with Gasteiger partial charge in [0.15, 0.2) is 5.78 Å². The lowest BCUT2D eigenvalue weighted by molar-refractivity contribution is 0.102. The predicted molar refractivity (Wildman–Crippen MR) is 53.5 cm³/mol. The molecule has 0 radical (unpaired) electrons. The van der Waals surface area contributed by atoms with Crippen molar-refractivity contribution >= 4 is 17.4 Å². The second-order valence-corrected chi connectivity index (χ2v) is 3.72. The van der Waals surface area contributed by atoms with E-state index in [2.05, 4.69) is 6.07 Å². The molecule has 0 spiro atoms. The first-order chi connectivity index (χ1) is 6.31. The van der Waals surface area contributed by atoms with Gasteiger partial charge in [-0.15, -0.1) is 11.6 Å². The average molecular weight is 195 g/mol. The normalized spacial score (nSPS) is 15.8. The van der Waals surface area contributed by atoms with Crippen LogP contribution in [0.5, 0.6) is 0 Å². The molecule has 0 N–H and O–H groups in total. The topological polar surface area (TPSA) is 17.1 Å². The number of alkyl halides is 1. The van der Waals surface area contributed by atoms with Crippen LogP contribution in [0.2, 0.25) is 0 Å². The van der Waals surface area contributed by atoms with Crippen molar-refractivity contribution < 1.29 is 4.79 Å². The van der Waals surface area contributed by atoms with Crippen molar-refractivity contribution in [3.63, 3.8) is 0 Å². The van der Waals surface area contributed by atoms with Crippen LogP contribution in [-0.2, 0) is 0 Å². The lowest BCUT2D eigenvalue weighted by atomic mass is 10.1. The maximum atomic E-state index is 11.3. The van der Waals surface area contributed by atoms with Gasteiger partial charge in [-0.25, -0.2) is 0 Å². The molecule has 0 unspecified atom stereocenters. The van der Waals surface area contributed by atoms with Crippen molar-refractivity contribution in [1.29, 1.82) is 0 Å². The molecule has 0 amide bonds. The van der Waals surface area contributed by atoms with Gasteiger partial charge in [-0.3, -0.25) is 4.79 Å². The molecule has 1 saturated carbocycles. The third-order valence-corrected chi connectivity index (χ3v) is 2.62. The number of halogens is 1. The molecular weight excluding hydrogens is 184 g/mol. The maximum Gasteiger partial charge on any atom is 0.177 e. The molecule has 0 aliphatic heterocycles. The summed E-state index contributed by atoms with van der Waals surface area (Å²) < 4.78 is 0. The minimum Gasteiger partial charge on any atom is -0.293 e. The lowest BCUT2D eigenvalue weighted by Crippen LogP contribution is -2.00. The minimum absolute atomic E-state index is 0.0177. The van der Waals surface area contributed by atoms with Crippen molar-refractivity contribution in [2.24, 2.45) is 0 Å². The van der Waals surface area contributed by atoms with Crippen LogP contribution in [0.3, 0.4) is 0 Å². The van der Waals surface area contributed by atoms with Crippen molar-refractivity contribution in [2.45, 2.75) is 18.8 Å². The molecule has 1 aromatic rings. The molecule has 68 valence electrons. The fourth-order valence-electron chi connectivity index (χ4n) is 1.46. The molecule has 1 aromatic carbocycles. The van der Waals surface area contributed by atoms with E-state index in [0.29, 0.717) is 5.92 Å². The van der Waals surface area contributed by atoms with Gasteiger partial charge in [-0.2, -0.15) is 0 Å². The molecule has 2 rings (SSSR count). The Morgan fingerprint density at radius 3 is 2.85 bits per heavy atom. The highest BCUT2D eigenvalue weighted by molar-refractivity contribution is 6.30. The smallest absolute Gasteiger partial charge is 0.177 e. The quantitative estimate of drug-likeness (QED) is 0.534. The van der Waals surface area contributed by atoms with Crippen LogP contribution in [0.15, 0.2) is 24.3 Å². The average Bonchev–Trinajstić information content (AvgIpc) is 3.00. The molecule has 2 heteroatoms. The Morgan fingerprint density at radius 1 is 1.46 bits per heavy atom. The molecule has 1 aliphatic rings. The summed E-state index contributed by atoms with van der Waals surface area (Å²) in [6, 6.07) is 7.83. The molecule has 13 heavy (non-hydrogen) atoms. The van der Waals surface area contributed by atoms with Gasteiger partial charge < -0.3 is 0 Å². The van der Waals surface area contributed by atoms with E-state index in [4.69, 9.17) is 11.6 Å². The van der Waals surface area contributed by atoms with Crippen LogP contribution in [0.4, 0.5) is 0 Å². The molecule has 0 heterocycles. The Hall–Kier alpha value is -0.820. The largest absolute Gasteiger partial charge is 0.293 e. The van der Waals surface area contributed by atoms with Crippen LogP contribution < -0.4 is 0 Å². The van der Waals surface area contributed by atoms with Gasteiger partial charge in [0.25, 0.3) is 0 Å². The minimum atomic E-state index is 0.0177. The second kappa shape index (κ2) is 3.51.